The average Bonchev–Trinajstić information content (AvgIpc) is 2.71. The van der Waals surface area contributed by atoms with Gasteiger partial charge in [-0.05, 0) is 43.6 Å². The average molecular weight is 289 g/mol. The van der Waals surface area contributed by atoms with E-state index in [1.54, 1.807) is 0 Å². The van der Waals surface area contributed by atoms with Crippen LogP contribution in [-0.4, -0.2) is 60.7 Å². The lowest BCUT2D eigenvalue weighted by Crippen LogP contribution is -2.50. The van der Waals surface area contributed by atoms with E-state index in [0.29, 0.717) is 5.41 Å². The van der Waals surface area contributed by atoms with Crippen molar-refractivity contribution in [2.75, 3.05) is 45.9 Å². The van der Waals surface area contributed by atoms with Crippen molar-refractivity contribution >= 4 is 0 Å². The molecule has 0 bridgehead atoms. The first kappa shape index (κ1) is 14.9. The van der Waals surface area contributed by atoms with Crippen LogP contribution in [0.1, 0.15) is 25.3 Å². The molecule has 1 spiro atoms. The van der Waals surface area contributed by atoms with Crippen molar-refractivity contribution < 1.29 is 4.74 Å². The highest BCUT2D eigenvalue weighted by atomic mass is 16.5. The number of rotatable bonds is 3. The standard InChI is InChI=1S/C17H27N3O/c1-2-19-10-11-21-15-17(13-19)6-3-9-20(14-17)12-16-4-7-18-8-5-16/h4-5,7-8H,2-3,6,9-15H2,1H3/t17-/m0/s1. The van der Waals surface area contributed by atoms with E-state index in [1.807, 2.05) is 12.4 Å². The molecule has 3 rings (SSSR count). The second-order valence-corrected chi connectivity index (χ2v) is 6.59. The lowest BCUT2D eigenvalue weighted by Gasteiger charge is -2.43. The minimum atomic E-state index is 0.331. The monoisotopic (exact) mass is 289 g/mol. The molecule has 2 aliphatic heterocycles. The number of likely N-dealkylation sites (N-methyl/N-ethyl adjacent to an activating group) is 1. The van der Waals surface area contributed by atoms with Crippen LogP contribution in [-0.2, 0) is 11.3 Å². The summed E-state index contributed by atoms with van der Waals surface area (Å²) in [6, 6.07) is 4.26. The number of hydrogen-bond donors (Lipinski definition) is 0. The van der Waals surface area contributed by atoms with Gasteiger partial charge >= 0.3 is 0 Å². The van der Waals surface area contributed by atoms with E-state index < -0.39 is 0 Å². The molecule has 2 aliphatic rings. The van der Waals surface area contributed by atoms with Crippen molar-refractivity contribution in [3.63, 3.8) is 0 Å². The molecule has 4 nitrogen and oxygen atoms in total. The van der Waals surface area contributed by atoms with Gasteiger partial charge in [-0.15, -0.1) is 0 Å². The number of pyridine rings is 1. The van der Waals surface area contributed by atoms with E-state index in [1.165, 1.54) is 31.5 Å². The summed E-state index contributed by atoms with van der Waals surface area (Å²) >= 11 is 0. The van der Waals surface area contributed by atoms with Gasteiger partial charge in [0.05, 0.1) is 13.2 Å². The van der Waals surface area contributed by atoms with E-state index in [0.717, 1.165) is 39.4 Å². The Labute approximate surface area is 128 Å². The molecule has 2 saturated heterocycles. The van der Waals surface area contributed by atoms with Crippen LogP contribution >= 0.6 is 0 Å². The summed E-state index contributed by atoms with van der Waals surface area (Å²) in [5.74, 6) is 0. The fourth-order valence-corrected chi connectivity index (χ4v) is 3.79. The summed E-state index contributed by atoms with van der Waals surface area (Å²) in [5.41, 5.74) is 1.70. The lowest BCUT2D eigenvalue weighted by molar-refractivity contribution is 0.00333. The van der Waals surface area contributed by atoms with Gasteiger partial charge in [0.15, 0.2) is 0 Å². The smallest absolute Gasteiger partial charge is 0.0593 e. The molecule has 0 N–H and O–H groups in total. The molecule has 0 aromatic carbocycles. The van der Waals surface area contributed by atoms with Crippen LogP contribution in [0.4, 0.5) is 0 Å². The zero-order valence-electron chi connectivity index (χ0n) is 13.1. The van der Waals surface area contributed by atoms with Crippen molar-refractivity contribution in [3.05, 3.63) is 30.1 Å². The van der Waals surface area contributed by atoms with Gasteiger partial charge in [0.25, 0.3) is 0 Å². The van der Waals surface area contributed by atoms with Crippen LogP contribution in [0.2, 0.25) is 0 Å². The van der Waals surface area contributed by atoms with Gasteiger partial charge in [0.2, 0.25) is 0 Å². The maximum atomic E-state index is 5.94. The Morgan fingerprint density at radius 1 is 1.19 bits per heavy atom. The number of piperidine rings is 1. The minimum absolute atomic E-state index is 0.331. The Hall–Kier alpha value is -0.970. The molecule has 0 saturated carbocycles. The fraction of sp³-hybridized carbons (Fsp3) is 0.706. The zero-order valence-corrected chi connectivity index (χ0v) is 13.1. The van der Waals surface area contributed by atoms with E-state index in [-0.39, 0.29) is 0 Å². The highest BCUT2D eigenvalue weighted by Crippen LogP contribution is 2.33. The quantitative estimate of drug-likeness (QED) is 0.851. The first-order valence-electron chi connectivity index (χ1n) is 8.21. The first-order valence-corrected chi connectivity index (χ1v) is 8.21. The van der Waals surface area contributed by atoms with Crippen LogP contribution in [0, 0.1) is 5.41 Å². The molecule has 116 valence electrons. The van der Waals surface area contributed by atoms with Gasteiger partial charge in [-0.25, -0.2) is 0 Å². The molecule has 1 aromatic rings. The Bertz CT molecular complexity index is 439. The highest BCUT2D eigenvalue weighted by Gasteiger charge is 2.38. The molecule has 0 aliphatic carbocycles. The molecule has 0 amide bonds. The third-order valence-electron chi connectivity index (χ3n) is 4.86. The summed E-state index contributed by atoms with van der Waals surface area (Å²) in [6.45, 7) is 10.9. The summed E-state index contributed by atoms with van der Waals surface area (Å²) in [7, 11) is 0. The molecule has 3 heterocycles. The van der Waals surface area contributed by atoms with Crippen molar-refractivity contribution in [2.45, 2.75) is 26.3 Å². The SMILES string of the molecule is CCN1CCOC[C@@]2(CCCN(Cc3ccncc3)C2)C1. The van der Waals surface area contributed by atoms with Gasteiger partial charge in [-0.3, -0.25) is 9.88 Å². The predicted molar refractivity (Wildman–Crippen MR) is 84.1 cm³/mol. The molecule has 1 aromatic heterocycles. The van der Waals surface area contributed by atoms with Gasteiger partial charge in [-0.1, -0.05) is 6.92 Å². The van der Waals surface area contributed by atoms with Crippen molar-refractivity contribution in [1.82, 2.24) is 14.8 Å². The third-order valence-corrected chi connectivity index (χ3v) is 4.86. The number of ether oxygens (including phenoxy) is 1. The summed E-state index contributed by atoms with van der Waals surface area (Å²) in [4.78, 5) is 9.27. The Morgan fingerprint density at radius 3 is 2.81 bits per heavy atom. The molecule has 0 unspecified atom stereocenters. The van der Waals surface area contributed by atoms with Crippen molar-refractivity contribution in [1.29, 1.82) is 0 Å². The Balaban J connectivity index is 1.66. The third kappa shape index (κ3) is 3.82. The van der Waals surface area contributed by atoms with Crippen LogP contribution in [0.25, 0.3) is 0 Å². The Kier molecular flexibility index (Phi) is 4.88. The summed E-state index contributed by atoms with van der Waals surface area (Å²) in [5, 5.41) is 0. The van der Waals surface area contributed by atoms with Crippen molar-refractivity contribution in [2.24, 2.45) is 5.41 Å². The topological polar surface area (TPSA) is 28.6 Å². The zero-order chi connectivity index (χ0) is 14.5. The van der Waals surface area contributed by atoms with Crippen LogP contribution in [0.15, 0.2) is 24.5 Å². The first-order chi connectivity index (χ1) is 10.3. The summed E-state index contributed by atoms with van der Waals surface area (Å²) in [6.07, 6.45) is 6.37. The minimum Gasteiger partial charge on any atom is -0.379 e. The normalized spacial score (nSPS) is 28.6. The van der Waals surface area contributed by atoms with E-state index in [2.05, 4.69) is 33.8 Å². The second-order valence-electron chi connectivity index (χ2n) is 6.59. The fourth-order valence-electron chi connectivity index (χ4n) is 3.79. The van der Waals surface area contributed by atoms with Gasteiger partial charge in [0.1, 0.15) is 0 Å². The highest BCUT2D eigenvalue weighted by molar-refractivity contribution is 5.10. The van der Waals surface area contributed by atoms with Gasteiger partial charge < -0.3 is 9.64 Å². The molecule has 4 heteroatoms. The van der Waals surface area contributed by atoms with E-state index >= 15 is 0 Å². The molecule has 0 radical (unpaired) electrons. The number of likely N-dealkylation sites (tertiary alicyclic amines) is 1. The van der Waals surface area contributed by atoms with Crippen LogP contribution < -0.4 is 0 Å². The molecule has 2 fully saturated rings. The number of nitrogens with zero attached hydrogens (tertiary/aromatic N) is 3. The van der Waals surface area contributed by atoms with Crippen LogP contribution in [0.3, 0.4) is 0 Å². The lowest BCUT2D eigenvalue weighted by atomic mass is 9.80. The van der Waals surface area contributed by atoms with Crippen molar-refractivity contribution in [3.8, 4) is 0 Å². The maximum Gasteiger partial charge on any atom is 0.0593 e. The largest absolute Gasteiger partial charge is 0.379 e. The molecule has 21 heavy (non-hydrogen) atoms. The molecular formula is C17H27N3O. The number of hydrogen-bond acceptors (Lipinski definition) is 4. The van der Waals surface area contributed by atoms with E-state index in [4.69, 9.17) is 4.74 Å². The van der Waals surface area contributed by atoms with Gasteiger partial charge in [0, 0.05) is 44.0 Å². The molecular weight excluding hydrogens is 262 g/mol. The number of aromatic nitrogens is 1. The predicted octanol–water partition coefficient (Wildman–Crippen LogP) is 2.02. The Morgan fingerprint density at radius 2 is 2.00 bits per heavy atom. The van der Waals surface area contributed by atoms with E-state index in [9.17, 15) is 0 Å². The summed E-state index contributed by atoms with van der Waals surface area (Å²) < 4.78 is 5.94. The van der Waals surface area contributed by atoms with Crippen LogP contribution in [0.5, 0.6) is 0 Å². The van der Waals surface area contributed by atoms with Gasteiger partial charge in [-0.2, -0.15) is 0 Å². The second kappa shape index (κ2) is 6.86. The maximum absolute atomic E-state index is 5.94. The molecule has 1 atom stereocenters.